The first-order valence-electron chi connectivity index (χ1n) is 4.79. The summed E-state index contributed by atoms with van der Waals surface area (Å²) in [6.45, 7) is -0.182. The Morgan fingerprint density at radius 1 is 1.31 bits per heavy atom. The second kappa shape index (κ2) is 3.62. The molecule has 3 aromatic rings. The molecule has 0 unspecified atom stereocenters. The Morgan fingerprint density at radius 2 is 2.12 bits per heavy atom. The number of hydrogen-bond donors (Lipinski definition) is 1. The monoisotopic (exact) mass is 248 g/mol. The molecule has 1 aromatic carbocycles. The summed E-state index contributed by atoms with van der Waals surface area (Å²) in [6.07, 6.45) is 1.76. The normalized spacial score (nSPS) is 11.3. The molecule has 0 aliphatic heterocycles. The minimum Gasteiger partial charge on any atom is -0.374 e. The van der Waals surface area contributed by atoms with Crippen LogP contribution in [0.3, 0.4) is 0 Å². The van der Waals surface area contributed by atoms with Crippen molar-refractivity contribution in [2.45, 2.75) is 6.73 Å². The standard InChI is InChI=1S/C11H8N2OS2/c14-6-13-11(15)10-7-3-1-2-4-8(7)16-9(10)5-12-13/h1-5,14H,6H2. The molecule has 5 heteroatoms. The van der Waals surface area contributed by atoms with E-state index in [1.54, 1.807) is 17.5 Å². The van der Waals surface area contributed by atoms with Crippen molar-refractivity contribution in [3.8, 4) is 0 Å². The van der Waals surface area contributed by atoms with Gasteiger partial charge in [-0.3, -0.25) is 0 Å². The van der Waals surface area contributed by atoms with Crippen molar-refractivity contribution < 1.29 is 5.11 Å². The van der Waals surface area contributed by atoms with E-state index in [2.05, 4.69) is 11.2 Å². The van der Waals surface area contributed by atoms with E-state index in [0.29, 0.717) is 4.64 Å². The number of aliphatic hydroxyl groups is 1. The number of rotatable bonds is 1. The molecule has 16 heavy (non-hydrogen) atoms. The zero-order valence-electron chi connectivity index (χ0n) is 8.25. The fourth-order valence-electron chi connectivity index (χ4n) is 1.78. The van der Waals surface area contributed by atoms with Crippen LogP contribution in [0.5, 0.6) is 0 Å². The maximum absolute atomic E-state index is 9.12. The molecule has 0 aliphatic carbocycles. The number of aromatic nitrogens is 2. The second-order valence-corrected chi connectivity index (χ2v) is 4.90. The highest BCUT2D eigenvalue weighted by Gasteiger charge is 2.07. The van der Waals surface area contributed by atoms with E-state index in [-0.39, 0.29) is 6.73 Å². The highest BCUT2D eigenvalue weighted by Crippen LogP contribution is 2.33. The van der Waals surface area contributed by atoms with Crippen LogP contribution in [0.25, 0.3) is 20.2 Å². The van der Waals surface area contributed by atoms with Gasteiger partial charge in [0.2, 0.25) is 0 Å². The molecule has 0 radical (unpaired) electrons. The molecule has 3 rings (SSSR count). The molecule has 0 aliphatic rings. The highest BCUT2D eigenvalue weighted by atomic mass is 32.1. The van der Waals surface area contributed by atoms with Gasteiger partial charge in [0.1, 0.15) is 11.4 Å². The molecule has 2 heterocycles. The van der Waals surface area contributed by atoms with Crippen LogP contribution >= 0.6 is 23.6 Å². The predicted octanol–water partition coefficient (Wildman–Crippen LogP) is 2.93. The minimum atomic E-state index is -0.182. The third kappa shape index (κ3) is 1.29. The van der Waals surface area contributed by atoms with E-state index in [9.17, 15) is 0 Å². The Hall–Kier alpha value is -1.30. The molecular weight excluding hydrogens is 240 g/mol. The van der Waals surface area contributed by atoms with Crippen molar-refractivity contribution >= 4 is 43.7 Å². The SMILES string of the molecule is OCn1ncc2sc3ccccc3c2c1=S. The molecular formula is C11H8N2OS2. The summed E-state index contributed by atoms with van der Waals surface area (Å²) in [4.78, 5) is 0. The quantitative estimate of drug-likeness (QED) is 0.673. The van der Waals surface area contributed by atoms with Gasteiger partial charge in [-0.15, -0.1) is 11.3 Å². The maximum Gasteiger partial charge on any atom is 0.137 e. The summed E-state index contributed by atoms with van der Waals surface area (Å²) in [7, 11) is 0. The van der Waals surface area contributed by atoms with E-state index in [0.717, 1.165) is 15.5 Å². The Kier molecular flexibility index (Phi) is 2.24. The fraction of sp³-hybridized carbons (Fsp3) is 0.0909. The lowest BCUT2D eigenvalue weighted by Gasteiger charge is -2.00. The van der Waals surface area contributed by atoms with Gasteiger partial charge < -0.3 is 5.11 Å². The van der Waals surface area contributed by atoms with Gasteiger partial charge in [0.15, 0.2) is 0 Å². The van der Waals surface area contributed by atoms with Crippen molar-refractivity contribution in [3.05, 3.63) is 35.1 Å². The first kappa shape index (κ1) is 9.89. The summed E-state index contributed by atoms with van der Waals surface area (Å²) in [5, 5.41) is 15.4. The van der Waals surface area contributed by atoms with Crippen LogP contribution in [0.15, 0.2) is 30.5 Å². The average Bonchev–Trinajstić information content (AvgIpc) is 2.68. The summed E-state index contributed by atoms with van der Waals surface area (Å²) in [5.74, 6) is 0. The van der Waals surface area contributed by atoms with Crippen LogP contribution in [0, 0.1) is 4.64 Å². The fourth-order valence-corrected chi connectivity index (χ4v) is 3.24. The number of benzene rings is 1. The van der Waals surface area contributed by atoms with Crippen molar-refractivity contribution in [3.63, 3.8) is 0 Å². The van der Waals surface area contributed by atoms with E-state index in [4.69, 9.17) is 17.3 Å². The molecule has 0 amide bonds. The van der Waals surface area contributed by atoms with Crippen LogP contribution in [0.4, 0.5) is 0 Å². The number of thiophene rings is 1. The number of aliphatic hydroxyl groups excluding tert-OH is 1. The van der Waals surface area contributed by atoms with E-state index < -0.39 is 0 Å². The molecule has 0 spiro atoms. The summed E-state index contributed by atoms with van der Waals surface area (Å²) < 4.78 is 4.28. The Morgan fingerprint density at radius 3 is 2.94 bits per heavy atom. The van der Waals surface area contributed by atoms with Crippen LogP contribution < -0.4 is 0 Å². The molecule has 3 nitrogen and oxygen atoms in total. The van der Waals surface area contributed by atoms with Crippen LogP contribution in [0.1, 0.15) is 0 Å². The van der Waals surface area contributed by atoms with Crippen molar-refractivity contribution in [1.29, 1.82) is 0 Å². The number of fused-ring (bicyclic) bond motifs is 3. The topological polar surface area (TPSA) is 38.0 Å². The second-order valence-electron chi connectivity index (χ2n) is 3.43. The third-order valence-corrected chi connectivity index (χ3v) is 4.04. The van der Waals surface area contributed by atoms with Crippen molar-refractivity contribution in [1.82, 2.24) is 9.78 Å². The smallest absolute Gasteiger partial charge is 0.137 e. The first-order chi connectivity index (χ1) is 7.81. The lowest BCUT2D eigenvalue weighted by atomic mass is 10.2. The van der Waals surface area contributed by atoms with E-state index in [1.807, 2.05) is 18.2 Å². The Balaban J connectivity index is 2.59. The molecule has 0 bridgehead atoms. The molecule has 0 atom stereocenters. The molecule has 0 fully saturated rings. The van der Waals surface area contributed by atoms with Crippen LogP contribution in [-0.2, 0) is 6.73 Å². The van der Waals surface area contributed by atoms with Gasteiger partial charge in [0, 0.05) is 15.5 Å². The first-order valence-corrected chi connectivity index (χ1v) is 6.02. The van der Waals surface area contributed by atoms with Gasteiger partial charge in [-0.05, 0) is 6.07 Å². The molecule has 2 aromatic heterocycles. The maximum atomic E-state index is 9.12. The van der Waals surface area contributed by atoms with E-state index >= 15 is 0 Å². The predicted molar refractivity (Wildman–Crippen MR) is 68.2 cm³/mol. The van der Waals surface area contributed by atoms with Crippen LogP contribution in [-0.4, -0.2) is 14.9 Å². The highest BCUT2D eigenvalue weighted by molar-refractivity contribution is 7.71. The van der Waals surface area contributed by atoms with Crippen molar-refractivity contribution in [2.75, 3.05) is 0 Å². The number of hydrogen-bond acceptors (Lipinski definition) is 4. The minimum absolute atomic E-state index is 0.182. The lowest BCUT2D eigenvalue weighted by molar-refractivity contribution is 0.192. The summed E-state index contributed by atoms with van der Waals surface area (Å²) in [5.41, 5.74) is 0. The number of nitrogens with zero attached hydrogens (tertiary/aromatic N) is 2. The Labute approximate surface area is 101 Å². The molecule has 0 saturated heterocycles. The van der Waals surface area contributed by atoms with Gasteiger partial charge >= 0.3 is 0 Å². The van der Waals surface area contributed by atoms with Crippen LogP contribution in [0.2, 0.25) is 0 Å². The molecule has 0 saturated carbocycles. The van der Waals surface area contributed by atoms with Gasteiger partial charge in [-0.2, -0.15) is 5.10 Å². The molecule has 1 N–H and O–H groups in total. The third-order valence-electron chi connectivity index (χ3n) is 2.52. The summed E-state index contributed by atoms with van der Waals surface area (Å²) in [6, 6.07) is 8.12. The van der Waals surface area contributed by atoms with Crippen molar-refractivity contribution in [2.24, 2.45) is 0 Å². The zero-order valence-corrected chi connectivity index (χ0v) is 9.88. The van der Waals surface area contributed by atoms with Gasteiger partial charge in [-0.25, -0.2) is 4.68 Å². The zero-order chi connectivity index (χ0) is 11.1. The van der Waals surface area contributed by atoms with Gasteiger partial charge in [0.25, 0.3) is 0 Å². The largest absolute Gasteiger partial charge is 0.374 e. The lowest BCUT2D eigenvalue weighted by Crippen LogP contribution is -2.03. The average molecular weight is 248 g/mol. The summed E-state index contributed by atoms with van der Waals surface area (Å²) >= 11 is 6.99. The van der Waals surface area contributed by atoms with Gasteiger partial charge in [-0.1, -0.05) is 30.4 Å². The van der Waals surface area contributed by atoms with E-state index in [1.165, 1.54) is 9.38 Å². The van der Waals surface area contributed by atoms with Gasteiger partial charge in [0.05, 0.1) is 10.9 Å². The Bertz CT molecular complexity index is 730. The molecule has 80 valence electrons.